The summed E-state index contributed by atoms with van der Waals surface area (Å²) in [6.45, 7) is 1.83. The van der Waals surface area contributed by atoms with Crippen molar-refractivity contribution in [2.24, 2.45) is 0 Å². The fourth-order valence-electron chi connectivity index (χ4n) is 2.24. The Morgan fingerprint density at radius 1 is 1.25 bits per heavy atom. The van der Waals surface area contributed by atoms with Crippen molar-refractivity contribution in [3.63, 3.8) is 0 Å². The highest BCUT2D eigenvalue weighted by Crippen LogP contribution is 2.37. The number of nitro benzene ring substituents is 1. The molecular weight excluding hydrogens is 325 g/mol. The number of alkyl halides is 3. The normalized spacial score (nSPS) is 12.7. The van der Waals surface area contributed by atoms with Gasteiger partial charge in [-0.1, -0.05) is 29.8 Å². The van der Waals surface area contributed by atoms with Gasteiger partial charge in [-0.05, 0) is 24.6 Å². The molecule has 2 aromatic carbocycles. The minimum absolute atomic E-state index is 0.0292. The number of halogens is 3. The van der Waals surface area contributed by atoms with Crippen LogP contribution in [-0.4, -0.2) is 16.6 Å². The van der Waals surface area contributed by atoms with E-state index in [4.69, 9.17) is 0 Å². The lowest BCUT2D eigenvalue weighted by Crippen LogP contribution is -2.14. The van der Waals surface area contributed by atoms with Gasteiger partial charge >= 0.3 is 6.18 Å². The molecular formula is C16H15F3N2O3. The van der Waals surface area contributed by atoms with E-state index in [1.54, 1.807) is 18.2 Å². The van der Waals surface area contributed by atoms with E-state index in [-0.39, 0.29) is 12.2 Å². The monoisotopic (exact) mass is 340 g/mol. The van der Waals surface area contributed by atoms with Gasteiger partial charge < -0.3 is 10.4 Å². The number of anilines is 1. The van der Waals surface area contributed by atoms with Crippen LogP contribution < -0.4 is 5.32 Å². The van der Waals surface area contributed by atoms with E-state index in [1.165, 1.54) is 6.07 Å². The zero-order valence-electron chi connectivity index (χ0n) is 12.7. The van der Waals surface area contributed by atoms with Crippen LogP contribution in [0.1, 0.15) is 22.8 Å². The van der Waals surface area contributed by atoms with E-state index in [1.807, 2.05) is 13.0 Å². The lowest BCUT2D eigenvalue weighted by Gasteiger charge is -2.15. The summed E-state index contributed by atoms with van der Waals surface area (Å²) in [6, 6.07) is 9.73. The number of aliphatic hydroxyl groups is 1. The predicted molar refractivity (Wildman–Crippen MR) is 82.7 cm³/mol. The molecule has 0 saturated carbocycles. The van der Waals surface area contributed by atoms with Gasteiger partial charge in [0.05, 0.1) is 11.0 Å². The van der Waals surface area contributed by atoms with Crippen LogP contribution in [0, 0.1) is 17.0 Å². The van der Waals surface area contributed by atoms with Crippen molar-refractivity contribution in [2.75, 3.05) is 11.9 Å². The van der Waals surface area contributed by atoms with E-state index in [2.05, 4.69) is 5.32 Å². The fourth-order valence-corrected chi connectivity index (χ4v) is 2.24. The zero-order valence-corrected chi connectivity index (χ0v) is 12.7. The fraction of sp³-hybridized carbons (Fsp3) is 0.250. The zero-order chi connectivity index (χ0) is 17.9. The molecule has 0 fully saturated rings. The smallest absolute Gasteiger partial charge is 0.387 e. The maximum absolute atomic E-state index is 12.9. The molecule has 0 heterocycles. The molecule has 24 heavy (non-hydrogen) atoms. The van der Waals surface area contributed by atoms with E-state index in [0.717, 1.165) is 11.6 Å². The molecule has 0 aliphatic rings. The van der Waals surface area contributed by atoms with Gasteiger partial charge in [0, 0.05) is 18.3 Å². The molecule has 1 unspecified atom stereocenters. The van der Waals surface area contributed by atoms with Crippen LogP contribution in [0.4, 0.5) is 24.5 Å². The van der Waals surface area contributed by atoms with Gasteiger partial charge in [-0.25, -0.2) is 0 Å². The number of hydrogen-bond donors (Lipinski definition) is 2. The van der Waals surface area contributed by atoms with Crippen molar-refractivity contribution in [3.8, 4) is 0 Å². The molecule has 2 aromatic rings. The second-order valence-electron chi connectivity index (χ2n) is 5.30. The van der Waals surface area contributed by atoms with Crippen LogP contribution in [0.25, 0.3) is 0 Å². The van der Waals surface area contributed by atoms with Crippen molar-refractivity contribution < 1.29 is 23.2 Å². The Morgan fingerprint density at radius 3 is 2.54 bits per heavy atom. The number of aliphatic hydroxyl groups excluding tert-OH is 1. The third kappa shape index (κ3) is 4.23. The molecule has 0 spiro atoms. The third-order valence-electron chi connectivity index (χ3n) is 3.43. The van der Waals surface area contributed by atoms with Crippen molar-refractivity contribution in [2.45, 2.75) is 19.2 Å². The first kappa shape index (κ1) is 17.7. The maximum Gasteiger partial charge on any atom is 0.423 e. The number of rotatable bonds is 5. The van der Waals surface area contributed by atoms with Crippen molar-refractivity contribution >= 4 is 11.4 Å². The minimum Gasteiger partial charge on any atom is -0.387 e. The second kappa shape index (κ2) is 6.88. The topological polar surface area (TPSA) is 75.4 Å². The first-order chi connectivity index (χ1) is 11.2. The molecule has 1 atom stereocenters. The van der Waals surface area contributed by atoms with Gasteiger partial charge in [-0.2, -0.15) is 13.2 Å². The minimum atomic E-state index is -4.84. The van der Waals surface area contributed by atoms with Gasteiger partial charge in [0.2, 0.25) is 0 Å². The summed E-state index contributed by atoms with van der Waals surface area (Å²) in [6.07, 6.45) is -5.76. The van der Waals surface area contributed by atoms with Crippen molar-refractivity contribution in [1.29, 1.82) is 0 Å². The Labute approximate surface area is 135 Å². The lowest BCUT2D eigenvalue weighted by molar-refractivity contribution is -0.388. The molecule has 0 amide bonds. The highest BCUT2D eigenvalue weighted by Gasteiger charge is 2.38. The van der Waals surface area contributed by atoms with E-state index >= 15 is 0 Å². The summed E-state index contributed by atoms with van der Waals surface area (Å²) in [4.78, 5) is 9.63. The van der Waals surface area contributed by atoms with Crippen LogP contribution in [0.2, 0.25) is 0 Å². The molecule has 8 heteroatoms. The van der Waals surface area contributed by atoms with E-state index < -0.39 is 28.5 Å². The largest absolute Gasteiger partial charge is 0.423 e. The Hall–Kier alpha value is -2.61. The van der Waals surface area contributed by atoms with Crippen LogP contribution in [0.5, 0.6) is 0 Å². The summed E-state index contributed by atoms with van der Waals surface area (Å²) in [5.74, 6) is 0. The van der Waals surface area contributed by atoms with Gasteiger partial charge in [0.25, 0.3) is 5.69 Å². The summed E-state index contributed by atoms with van der Waals surface area (Å²) in [5.41, 5.74) is -0.726. The number of nitrogens with zero attached hydrogens (tertiary/aromatic N) is 1. The predicted octanol–water partition coefficient (Wildman–Crippen LogP) is 4.07. The highest BCUT2D eigenvalue weighted by atomic mass is 19.4. The Morgan fingerprint density at radius 2 is 1.96 bits per heavy atom. The Bertz CT molecular complexity index is 748. The number of hydrogen-bond acceptors (Lipinski definition) is 4. The molecule has 0 bridgehead atoms. The molecule has 0 radical (unpaired) electrons. The summed E-state index contributed by atoms with van der Waals surface area (Å²) in [7, 11) is 0. The summed E-state index contributed by atoms with van der Waals surface area (Å²) < 4.78 is 38.7. The summed E-state index contributed by atoms with van der Waals surface area (Å²) >= 11 is 0. The maximum atomic E-state index is 12.9. The number of nitro groups is 1. The quantitative estimate of drug-likeness (QED) is 0.635. The molecule has 128 valence electrons. The third-order valence-corrected chi connectivity index (χ3v) is 3.43. The average Bonchev–Trinajstić information content (AvgIpc) is 2.51. The van der Waals surface area contributed by atoms with Crippen LogP contribution in [0.15, 0.2) is 42.5 Å². The number of benzene rings is 2. The second-order valence-corrected chi connectivity index (χ2v) is 5.30. The lowest BCUT2D eigenvalue weighted by atomic mass is 10.1. The number of aryl methyl sites for hydroxylation is 1. The molecule has 0 aliphatic heterocycles. The first-order valence-electron chi connectivity index (χ1n) is 7.02. The molecule has 2 rings (SSSR count). The highest BCUT2D eigenvalue weighted by molar-refractivity contribution is 5.55. The molecule has 0 aromatic heterocycles. The van der Waals surface area contributed by atoms with Crippen LogP contribution in [0.3, 0.4) is 0 Å². The van der Waals surface area contributed by atoms with E-state index in [9.17, 15) is 28.4 Å². The SMILES string of the molecule is Cc1cccc(C(O)CNc2ccc([N+](=O)[O-])c(C(F)(F)F)c2)c1. The molecule has 0 saturated heterocycles. The number of nitrogens with one attached hydrogen (secondary N) is 1. The Kier molecular flexibility index (Phi) is 5.08. The molecule has 0 aliphatic carbocycles. The average molecular weight is 340 g/mol. The summed E-state index contributed by atoms with van der Waals surface area (Å²) in [5, 5.41) is 23.5. The first-order valence-corrected chi connectivity index (χ1v) is 7.02. The van der Waals surface area contributed by atoms with E-state index in [0.29, 0.717) is 11.6 Å². The Balaban J connectivity index is 2.17. The van der Waals surface area contributed by atoms with Gasteiger partial charge in [-0.15, -0.1) is 0 Å². The van der Waals surface area contributed by atoms with Gasteiger partial charge in [0.15, 0.2) is 0 Å². The van der Waals surface area contributed by atoms with Gasteiger partial charge in [-0.3, -0.25) is 10.1 Å². The van der Waals surface area contributed by atoms with Crippen molar-refractivity contribution in [3.05, 3.63) is 69.3 Å². The van der Waals surface area contributed by atoms with Crippen molar-refractivity contribution in [1.82, 2.24) is 0 Å². The molecule has 5 nitrogen and oxygen atoms in total. The standard InChI is InChI=1S/C16H15F3N2O3/c1-10-3-2-4-11(7-10)15(22)9-20-12-5-6-14(21(23)24)13(8-12)16(17,18)19/h2-8,15,20,22H,9H2,1H3. The van der Waals surface area contributed by atoms with Crippen LogP contribution in [-0.2, 0) is 6.18 Å². The molecule has 2 N–H and O–H groups in total. The van der Waals surface area contributed by atoms with Crippen LogP contribution >= 0.6 is 0 Å². The van der Waals surface area contributed by atoms with Gasteiger partial charge in [0.1, 0.15) is 5.56 Å².